The van der Waals surface area contributed by atoms with Crippen LogP contribution in [0.2, 0.25) is 0 Å². The summed E-state index contributed by atoms with van der Waals surface area (Å²) in [4.78, 5) is 12.1. The number of carbonyl (C=O) groups excluding carboxylic acids is 1. The van der Waals surface area contributed by atoms with E-state index in [0.29, 0.717) is 17.9 Å². The highest BCUT2D eigenvalue weighted by Gasteiger charge is 2.24. The summed E-state index contributed by atoms with van der Waals surface area (Å²) in [6.45, 7) is 7.99. The summed E-state index contributed by atoms with van der Waals surface area (Å²) in [5, 5.41) is 1.95. The van der Waals surface area contributed by atoms with Gasteiger partial charge >= 0.3 is 5.97 Å². The lowest BCUT2D eigenvalue weighted by Gasteiger charge is -2.24. The summed E-state index contributed by atoms with van der Waals surface area (Å²) in [5.41, 5.74) is 2.72. The molecule has 0 N–H and O–H groups in total. The molecule has 0 fully saturated rings. The van der Waals surface area contributed by atoms with E-state index in [1.165, 1.54) is 5.56 Å². The van der Waals surface area contributed by atoms with Gasteiger partial charge in [-0.05, 0) is 39.5 Å². The molecule has 3 heteroatoms. The molecule has 3 rings (SSSR count). The molecule has 0 aliphatic heterocycles. The number of hydrogen-bond donors (Lipinski definition) is 0. The van der Waals surface area contributed by atoms with Gasteiger partial charge in [0.15, 0.2) is 0 Å². The standard InChI is InChI=1S/C20H22O3/c1-4-22-18-14-9-5-7-11-16(14)19(23-20(21)13(2)3)17-12-8-6-10-15(17)18/h5,7,9,11H,2,4,6,8,10,12H2,1,3H3. The second kappa shape index (κ2) is 6.45. The van der Waals surface area contributed by atoms with E-state index in [4.69, 9.17) is 9.47 Å². The van der Waals surface area contributed by atoms with E-state index in [0.717, 1.165) is 47.8 Å². The molecule has 0 spiro atoms. The second-order valence-corrected chi connectivity index (χ2v) is 5.97. The van der Waals surface area contributed by atoms with Crippen LogP contribution < -0.4 is 9.47 Å². The Morgan fingerprint density at radius 2 is 1.65 bits per heavy atom. The molecular weight excluding hydrogens is 288 g/mol. The Hall–Kier alpha value is -2.29. The molecule has 0 saturated heterocycles. The second-order valence-electron chi connectivity index (χ2n) is 5.97. The molecule has 2 aromatic carbocycles. The fourth-order valence-corrected chi connectivity index (χ4v) is 3.22. The SMILES string of the molecule is C=C(C)C(=O)Oc1c2c(c(OCC)c3ccccc13)CCCC2. The first-order chi connectivity index (χ1) is 11.1. The van der Waals surface area contributed by atoms with Crippen LogP contribution in [0.5, 0.6) is 11.5 Å². The molecule has 0 unspecified atom stereocenters. The number of ether oxygens (including phenoxy) is 2. The van der Waals surface area contributed by atoms with Gasteiger partial charge in [-0.2, -0.15) is 0 Å². The first kappa shape index (κ1) is 15.6. The minimum absolute atomic E-state index is 0.368. The number of hydrogen-bond acceptors (Lipinski definition) is 3. The van der Waals surface area contributed by atoms with Crippen molar-refractivity contribution in [3.8, 4) is 11.5 Å². The number of rotatable bonds is 4. The zero-order valence-corrected chi connectivity index (χ0v) is 13.8. The minimum atomic E-state index is -0.368. The van der Waals surface area contributed by atoms with Crippen LogP contribution in [-0.2, 0) is 17.6 Å². The molecule has 2 aromatic rings. The largest absolute Gasteiger partial charge is 0.493 e. The van der Waals surface area contributed by atoms with E-state index in [-0.39, 0.29) is 5.97 Å². The molecule has 1 aliphatic carbocycles. The Bertz CT molecular complexity index is 774. The molecule has 0 aromatic heterocycles. The predicted molar refractivity (Wildman–Crippen MR) is 92.2 cm³/mol. The molecule has 0 bridgehead atoms. The van der Waals surface area contributed by atoms with Crippen molar-refractivity contribution in [1.82, 2.24) is 0 Å². The van der Waals surface area contributed by atoms with Crippen LogP contribution in [0, 0.1) is 0 Å². The lowest BCUT2D eigenvalue weighted by molar-refractivity contribution is -0.130. The first-order valence-electron chi connectivity index (χ1n) is 8.20. The maximum atomic E-state index is 12.1. The molecule has 0 amide bonds. The smallest absolute Gasteiger partial charge is 0.338 e. The van der Waals surface area contributed by atoms with Crippen molar-refractivity contribution in [1.29, 1.82) is 0 Å². The molecule has 0 atom stereocenters. The Kier molecular flexibility index (Phi) is 4.37. The zero-order valence-electron chi connectivity index (χ0n) is 13.8. The third kappa shape index (κ3) is 2.83. The van der Waals surface area contributed by atoms with Crippen LogP contribution in [0.25, 0.3) is 10.8 Å². The Morgan fingerprint density at radius 3 is 2.22 bits per heavy atom. The highest BCUT2D eigenvalue weighted by molar-refractivity contribution is 5.99. The van der Waals surface area contributed by atoms with Crippen LogP contribution in [0.3, 0.4) is 0 Å². The van der Waals surface area contributed by atoms with E-state index in [1.54, 1.807) is 6.92 Å². The minimum Gasteiger partial charge on any atom is -0.493 e. The quantitative estimate of drug-likeness (QED) is 0.470. The van der Waals surface area contributed by atoms with Crippen molar-refractivity contribution in [2.45, 2.75) is 39.5 Å². The van der Waals surface area contributed by atoms with Crippen molar-refractivity contribution in [2.75, 3.05) is 6.61 Å². The van der Waals surface area contributed by atoms with Crippen LogP contribution in [0.1, 0.15) is 37.8 Å². The lowest BCUT2D eigenvalue weighted by atomic mass is 9.87. The van der Waals surface area contributed by atoms with Crippen molar-refractivity contribution < 1.29 is 14.3 Å². The van der Waals surface area contributed by atoms with Gasteiger partial charge in [-0.3, -0.25) is 0 Å². The number of benzene rings is 2. The van der Waals surface area contributed by atoms with Gasteiger partial charge in [0, 0.05) is 27.5 Å². The summed E-state index contributed by atoms with van der Waals surface area (Å²) < 4.78 is 11.7. The Balaban J connectivity index is 2.27. The molecule has 1 aliphatic rings. The summed E-state index contributed by atoms with van der Waals surface area (Å²) in [6, 6.07) is 7.98. The van der Waals surface area contributed by atoms with Gasteiger partial charge in [-0.15, -0.1) is 0 Å². The van der Waals surface area contributed by atoms with Gasteiger partial charge in [0.2, 0.25) is 0 Å². The fourth-order valence-electron chi connectivity index (χ4n) is 3.22. The highest BCUT2D eigenvalue weighted by atomic mass is 16.5. The molecule has 0 radical (unpaired) electrons. The molecule has 0 heterocycles. The fraction of sp³-hybridized carbons (Fsp3) is 0.350. The third-order valence-corrected chi connectivity index (χ3v) is 4.26. The number of carbonyl (C=O) groups is 1. The van der Waals surface area contributed by atoms with Crippen molar-refractivity contribution in [3.05, 3.63) is 47.5 Å². The van der Waals surface area contributed by atoms with E-state index >= 15 is 0 Å². The summed E-state index contributed by atoms with van der Waals surface area (Å²) in [6.07, 6.45) is 4.12. The normalized spacial score (nSPS) is 13.5. The average Bonchev–Trinajstić information content (AvgIpc) is 2.57. The Morgan fingerprint density at radius 1 is 1.09 bits per heavy atom. The van der Waals surface area contributed by atoms with E-state index in [2.05, 4.69) is 6.58 Å². The van der Waals surface area contributed by atoms with Gasteiger partial charge in [0.25, 0.3) is 0 Å². The number of fused-ring (bicyclic) bond motifs is 2. The number of esters is 1. The predicted octanol–water partition coefficient (Wildman–Crippen LogP) is 4.60. The zero-order chi connectivity index (χ0) is 16.4. The van der Waals surface area contributed by atoms with E-state index in [1.807, 2.05) is 31.2 Å². The molecular formula is C20H22O3. The maximum absolute atomic E-state index is 12.1. The maximum Gasteiger partial charge on any atom is 0.338 e. The lowest BCUT2D eigenvalue weighted by Crippen LogP contribution is -2.14. The third-order valence-electron chi connectivity index (χ3n) is 4.26. The van der Waals surface area contributed by atoms with Crippen LogP contribution in [0.4, 0.5) is 0 Å². The Labute approximate surface area is 136 Å². The summed E-state index contributed by atoms with van der Waals surface area (Å²) in [5.74, 6) is 1.27. The van der Waals surface area contributed by atoms with Crippen molar-refractivity contribution in [3.63, 3.8) is 0 Å². The van der Waals surface area contributed by atoms with Crippen molar-refractivity contribution in [2.24, 2.45) is 0 Å². The monoisotopic (exact) mass is 310 g/mol. The molecule has 120 valence electrons. The van der Waals surface area contributed by atoms with Crippen LogP contribution >= 0.6 is 0 Å². The highest BCUT2D eigenvalue weighted by Crippen LogP contribution is 2.44. The molecule has 0 saturated carbocycles. The summed E-state index contributed by atoms with van der Waals surface area (Å²) >= 11 is 0. The topological polar surface area (TPSA) is 35.5 Å². The first-order valence-corrected chi connectivity index (χ1v) is 8.20. The van der Waals surface area contributed by atoms with Gasteiger partial charge in [-0.25, -0.2) is 4.79 Å². The average molecular weight is 310 g/mol. The van der Waals surface area contributed by atoms with Gasteiger partial charge in [0.05, 0.1) is 6.61 Å². The van der Waals surface area contributed by atoms with Gasteiger partial charge < -0.3 is 9.47 Å². The summed E-state index contributed by atoms with van der Waals surface area (Å²) in [7, 11) is 0. The molecule has 23 heavy (non-hydrogen) atoms. The van der Waals surface area contributed by atoms with Crippen molar-refractivity contribution >= 4 is 16.7 Å². The van der Waals surface area contributed by atoms with Gasteiger partial charge in [-0.1, -0.05) is 30.8 Å². The van der Waals surface area contributed by atoms with Gasteiger partial charge in [0.1, 0.15) is 11.5 Å². The molecule has 3 nitrogen and oxygen atoms in total. The van der Waals surface area contributed by atoms with E-state index < -0.39 is 0 Å². The van der Waals surface area contributed by atoms with Crippen LogP contribution in [-0.4, -0.2) is 12.6 Å². The van der Waals surface area contributed by atoms with E-state index in [9.17, 15) is 4.79 Å². The van der Waals surface area contributed by atoms with Crippen LogP contribution in [0.15, 0.2) is 36.4 Å².